The summed E-state index contributed by atoms with van der Waals surface area (Å²) in [4.78, 5) is 18.3. The van der Waals surface area contributed by atoms with Crippen LogP contribution in [0.4, 0.5) is 10.6 Å². The number of halogens is 1. The standard InChI is InChI=1S/C13H19ClN4OS/c14-11-4-5-12(15-10-11)16-13(19)18(20)9-8-17-6-2-1-3-7-17/h4-5,10,20H,1-3,6-9H2,(H,15,16,19). The van der Waals surface area contributed by atoms with Crippen LogP contribution in [0.2, 0.25) is 5.02 Å². The Balaban J connectivity index is 1.75. The van der Waals surface area contributed by atoms with E-state index in [1.807, 2.05) is 0 Å². The van der Waals surface area contributed by atoms with E-state index in [0.717, 1.165) is 19.6 Å². The van der Waals surface area contributed by atoms with Crippen LogP contribution in [-0.2, 0) is 0 Å². The number of likely N-dealkylation sites (tertiary alicyclic amines) is 1. The fourth-order valence-electron chi connectivity index (χ4n) is 2.14. The molecule has 0 atom stereocenters. The van der Waals surface area contributed by atoms with Crippen molar-refractivity contribution in [3.63, 3.8) is 0 Å². The van der Waals surface area contributed by atoms with E-state index < -0.39 is 0 Å². The average Bonchev–Trinajstić information content (AvgIpc) is 2.48. The summed E-state index contributed by atoms with van der Waals surface area (Å²) in [6.45, 7) is 3.66. The number of anilines is 1. The van der Waals surface area contributed by atoms with E-state index in [1.54, 1.807) is 12.1 Å². The summed E-state index contributed by atoms with van der Waals surface area (Å²) in [5.41, 5.74) is 0. The summed E-state index contributed by atoms with van der Waals surface area (Å²) >= 11 is 9.96. The first kappa shape index (κ1) is 15.4. The minimum absolute atomic E-state index is 0.278. The van der Waals surface area contributed by atoms with Crippen molar-refractivity contribution >= 4 is 36.3 Å². The normalized spacial score (nSPS) is 15.9. The number of carbonyl (C=O) groups is 1. The topological polar surface area (TPSA) is 48.5 Å². The first-order chi connectivity index (χ1) is 9.65. The maximum absolute atomic E-state index is 11.9. The number of urea groups is 1. The number of thiol groups is 1. The van der Waals surface area contributed by atoms with E-state index >= 15 is 0 Å². The lowest BCUT2D eigenvalue weighted by Crippen LogP contribution is -2.38. The molecule has 1 saturated heterocycles. The van der Waals surface area contributed by atoms with Crippen molar-refractivity contribution < 1.29 is 4.79 Å². The average molecular weight is 315 g/mol. The first-order valence-electron chi connectivity index (χ1n) is 6.76. The number of aromatic nitrogens is 1. The molecule has 1 aromatic heterocycles. The van der Waals surface area contributed by atoms with E-state index in [0.29, 0.717) is 17.4 Å². The highest BCUT2D eigenvalue weighted by Crippen LogP contribution is 2.11. The quantitative estimate of drug-likeness (QED) is 0.840. The minimum Gasteiger partial charge on any atom is -0.302 e. The number of carbonyl (C=O) groups excluding carboxylic acids is 1. The van der Waals surface area contributed by atoms with Gasteiger partial charge in [-0.3, -0.25) is 9.62 Å². The summed E-state index contributed by atoms with van der Waals surface area (Å²) < 4.78 is 1.38. The highest BCUT2D eigenvalue weighted by atomic mass is 35.5. The van der Waals surface area contributed by atoms with Gasteiger partial charge in [-0.1, -0.05) is 30.8 Å². The van der Waals surface area contributed by atoms with Gasteiger partial charge in [0.2, 0.25) is 0 Å². The molecular weight excluding hydrogens is 296 g/mol. The number of pyridine rings is 1. The molecule has 1 aliphatic rings. The third-order valence-corrected chi connectivity index (χ3v) is 3.88. The minimum atomic E-state index is -0.278. The maximum Gasteiger partial charge on any atom is 0.332 e. The molecule has 0 unspecified atom stereocenters. The Labute approximate surface area is 129 Å². The summed E-state index contributed by atoms with van der Waals surface area (Å²) in [6.07, 6.45) is 5.29. The molecule has 0 bridgehead atoms. The Morgan fingerprint density at radius 2 is 2.15 bits per heavy atom. The first-order valence-corrected chi connectivity index (χ1v) is 7.54. The number of nitrogens with zero attached hydrogens (tertiary/aromatic N) is 3. The number of nitrogens with one attached hydrogen (secondary N) is 1. The predicted octanol–water partition coefficient (Wildman–Crippen LogP) is 2.90. The number of hydrogen-bond acceptors (Lipinski definition) is 4. The van der Waals surface area contributed by atoms with Crippen LogP contribution in [0, 0.1) is 0 Å². The van der Waals surface area contributed by atoms with E-state index in [1.165, 1.54) is 29.8 Å². The molecule has 2 heterocycles. The molecule has 110 valence electrons. The van der Waals surface area contributed by atoms with Gasteiger partial charge in [0.25, 0.3) is 0 Å². The van der Waals surface area contributed by atoms with Crippen molar-refractivity contribution in [2.75, 3.05) is 31.5 Å². The Kier molecular flexibility index (Phi) is 5.94. The molecule has 5 nitrogen and oxygen atoms in total. The van der Waals surface area contributed by atoms with E-state index in [9.17, 15) is 4.79 Å². The number of amides is 2. The second-order valence-electron chi connectivity index (χ2n) is 4.82. The van der Waals surface area contributed by atoms with Crippen LogP contribution in [0.15, 0.2) is 18.3 Å². The molecule has 20 heavy (non-hydrogen) atoms. The van der Waals surface area contributed by atoms with Gasteiger partial charge in [0.05, 0.1) is 5.02 Å². The predicted molar refractivity (Wildman–Crippen MR) is 84.2 cm³/mol. The molecule has 2 rings (SSSR count). The lowest BCUT2D eigenvalue weighted by Gasteiger charge is -2.28. The van der Waals surface area contributed by atoms with Crippen LogP contribution in [0.25, 0.3) is 0 Å². The van der Waals surface area contributed by atoms with Crippen molar-refractivity contribution in [2.24, 2.45) is 0 Å². The Morgan fingerprint density at radius 3 is 2.80 bits per heavy atom. The zero-order valence-electron chi connectivity index (χ0n) is 11.3. The van der Waals surface area contributed by atoms with Gasteiger partial charge in [0.15, 0.2) is 0 Å². The molecule has 2 amide bonds. The number of hydrogen-bond donors (Lipinski definition) is 2. The molecule has 1 N–H and O–H groups in total. The molecule has 0 saturated carbocycles. The summed E-state index contributed by atoms with van der Waals surface area (Å²) in [7, 11) is 0. The van der Waals surface area contributed by atoms with Crippen molar-refractivity contribution in [3.8, 4) is 0 Å². The number of piperidine rings is 1. The van der Waals surface area contributed by atoms with Crippen molar-refractivity contribution in [3.05, 3.63) is 23.4 Å². The Bertz CT molecular complexity index is 437. The van der Waals surface area contributed by atoms with Crippen LogP contribution in [0.1, 0.15) is 19.3 Å². The summed E-state index contributed by atoms with van der Waals surface area (Å²) in [6, 6.07) is 3.06. The second kappa shape index (κ2) is 7.71. The third-order valence-electron chi connectivity index (χ3n) is 3.27. The second-order valence-corrected chi connectivity index (χ2v) is 5.74. The number of rotatable bonds is 4. The van der Waals surface area contributed by atoms with Crippen LogP contribution in [0.3, 0.4) is 0 Å². The molecule has 1 fully saturated rings. The molecule has 7 heteroatoms. The Hall–Kier alpha value is -0.980. The highest BCUT2D eigenvalue weighted by molar-refractivity contribution is 7.78. The SMILES string of the molecule is O=C(Nc1ccc(Cl)cn1)N(S)CCN1CCCCC1. The fourth-order valence-corrected chi connectivity index (χ4v) is 2.40. The molecule has 0 radical (unpaired) electrons. The lowest BCUT2D eigenvalue weighted by molar-refractivity contribution is 0.209. The van der Waals surface area contributed by atoms with Gasteiger partial charge in [-0.15, -0.1) is 0 Å². The zero-order valence-corrected chi connectivity index (χ0v) is 12.9. The van der Waals surface area contributed by atoms with Crippen LogP contribution in [0.5, 0.6) is 0 Å². The maximum atomic E-state index is 11.9. The fraction of sp³-hybridized carbons (Fsp3) is 0.538. The monoisotopic (exact) mass is 314 g/mol. The molecule has 1 aromatic rings. The Morgan fingerprint density at radius 1 is 1.40 bits per heavy atom. The molecule has 1 aliphatic heterocycles. The van der Waals surface area contributed by atoms with E-state index in [2.05, 4.69) is 28.0 Å². The van der Waals surface area contributed by atoms with E-state index in [4.69, 9.17) is 11.6 Å². The molecule has 0 aromatic carbocycles. The van der Waals surface area contributed by atoms with Gasteiger partial charge in [0.1, 0.15) is 5.82 Å². The largest absolute Gasteiger partial charge is 0.332 e. The summed E-state index contributed by atoms with van der Waals surface area (Å²) in [5, 5.41) is 3.22. The van der Waals surface area contributed by atoms with Gasteiger partial charge in [-0.2, -0.15) is 0 Å². The van der Waals surface area contributed by atoms with Crippen LogP contribution < -0.4 is 5.32 Å². The van der Waals surface area contributed by atoms with Crippen molar-refractivity contribution in [2.45, 2.75) is 19.3 Å². The summed E-state index contributed by atoms with van der Waals surface area (Å²) in [5.74, 6) is 0.469. The van der Waals surface area contributed by atoms with Gasteiger partial charge in [-0.05, 0) is 38.1 Å². The van der Waals surface area contributed by atoms with Gasteiger partial charge in [-0.25, -0.2) is 9.78 Å². The molecular formula is C13H19ClN4OS. The zero-order chi connectivity index (χ0) is 14.4. The van der Waals surface area contributed by atoms with Crippen LogP contribution >= 0.6 is 24.4 Å². The molecule has 0 aliphatic carbocycles. The highest BCUT2D eigenvalue weighted by Gasteiger charge is 2.14. The lowest BCUT2D eigenvalue weighted by atomic mass is 10.1. The van der Waals surface area contributed by atoms with E-state index in [-0.39, 0.29) is 6.03 Å². The van der Waals surface area contributed by atoms with Gasteiger partial charge < -0.3 is 4.90 Å². The van der Waals surface area contributed by atoms with Crippen molar-refractivity contribution in [1.29, 1.82) is 0 Å². The molecule has 0 spiro atoms. The van der Waals surface area contributed by atoms with Crippen molar-refractivity contribution in [1.82, 2.24) is 14.2 Å². The smallest absolute Gasteiger partial charge is 0.302 e. The van der Waals surface area contributed by atoms with Gasteiger partial charge >= 0.3 is 6.03 Å². The van der Waals surface area contributed by atoms with Gasteiger partial charge in [0, 0.05) is 19.3 Å². The third kappa shape index (κ3) is 4.85. The van der Waals surface area contributed by atoms with Crippen LogP contribution in [-0.4, -0.2) is 46.4 Å².